The summed E-state index contributed by atoms with van der Waals surface area (Å²) in [4.78, 5) is 28.1. The molecule has 1 N–H and O–H groups in total. The molecule has 6 nitrogen and oxygen atoms in total. The molecular weight excluding hydrogens is 430 g/mol. The van der Waals surface area contributed by atoms with Crippen molar-refractivity contribution in [1.29, 1.82) is 0 Å². The first-order valence-corrected chi connectivity index (χ1v) is 11.3. The predicted octanol–water partition coefficient (Wildman–Crippen LogP) is 5.96. The van der Waals surface area contributed by atoms with Crippen molar-refractivity contribution in [3.8, 4) is 5.75 Å². The lowest BCUT2D eigenvalue weighted by molar-refractivity contribution is -0.132. The summed E-state index contributed by atoms with van der Waals surface area (Å²) in [6.45, 7) is 9.57. The first kappa shape index (κ1) is 23.4. The zero-order valence-electron chi connectivity index (χ0n) is 20.3. The molecule has 1 aliphatic rings. The van der Waals surface area contributed by atoms with Gasteiger partial charge < -0.3 is 14.3 Å². The van der Waals surface area contributed by atoms with Gasteiger partial charge in [0, 0.05) is 11.3 Å². The Kier molecular flexibility index (Phi) is 6.09. The molecule has 2 heterocycles. The lowest BCUT2D eigenvalue weighted by Gasteiger charge is -2.25. The highest BCUT2D eigenvalue weighted by molar-refractivity contribution is 6.51. The molecule has 0 aliphatic carbocycles. The Labute approximate surface area is 199 Å². The number of hydrogen-bond donors (Lipinski definition) is 1. The fourth-order valence-corrected chi connectivity index (χ4v) is 4.51. The number of benzene rings is 2. The molecule has 1 fully saturated rings. The van der Waals surface area contributed by atoms with Gasteiger partial charge >= 0.3 is 0 Å². The number of nitrogens with zero attached hydrogens (tertiary/aromatic N) is 1. The number of carbonyl (C=O) groups excluding carboxylic acids is 2. The number of anilines is 1. The van der Waals surface area contributed by atoms with Gasteiger partial charge in [0.05, 0.1) is 12.7 Å². The van der Waals surface area contributed by atoms with E-state index in [0.717, 1.165) is 16.7 Å². The maximum Gasteiger partial charge on any atom is 0.300 e. The Bertz CT molecular complexity index is 1310. The van der Waals surface area contributed by atoms with Crippen LogP contribution >= 0.6 is 0 Å². The molecule has 1 aliphatic heterocycles. The number of ether oxygens (including phenoxy) is 1. The number of furan rings is 1. The van der Waals surface area contributed by atoms with Crippen LogP contribution in [0.5, 0.6) is 5.75 Å². The molecule has 34 heavy (non-hydrogen) atoms. The molecule has 1 unspecified atom stereocenters. The number of Topliss-reactive ketones (excluding diaryl/α,β-unsaturated/α-hetero) is 1. The van der Waals surface area contributed by atoms with Crippen molar-refractivity contribution in [2.75, 3.05) is 12.0 Å². The van der Waals surface area contributed by atoms with Crippen LogP contribution in [0.25, 0.3) is 5.76 Å². The monoisotopic (exact) mass is 459 g/mol. The first-order chi connectivity index (χ1) is 16.1. The van der Waals surface area contributed by atoms with E-state index in [-0.39, 0.29) is 17.3 Å². The molecule has 1 saturated heterocycles. The minimum atomic E-state index is -0.890. The molecule has 0 bridgehead atoms. The van der Waals surface area contributed by atoms with Crippen molar-refractivity contribution >= 4 is 23.1 Å². The van der Waals surface area contributed by atoms with Gasteiger partial charge in [0.1, 0.15) is 29.1 Å². The maximum absolute atomic E-state index is 13.4. The van der Waals surface area contributed by atoms with E-state index in [9.17, 15) is 14.7 Å². The van der Waals surface area contributed by atoms with Crippen LogP contribution in [0.4, 0.5) is 5.69 Å². The lowest BCUT2D eigenvalue weighted by Crippen LogP contribution is -2.29. The molecular formula is C28H29NO5. The van der Waals surface area contributed by atoms with Crippen LogP contribution in [-0.4, -0.2) is 23.9 Å². The van der Waals surface area contributed by atoms with Gasteiger partial charge in [0.25, 0.3) is 11.7 Å². The zero-order valence-corrected chi connectivity index (χ0v) is 20.3. The van der Waals surface area contributed by atoms with Crippen LogP contribution in [0.15, 0.2) is 58.5 Å². The van der Waals surface area contributed by atoms with Crippen molar-refractivity contribution < 1.29 is 23.8 Å². The summed E-state index contributed by atoms with van der Waals surface area (Å²) in [7, 11) is 1.60. The average molecular weight is 460 g/mol. The van der Waals surface area contributed by atoms with Crippen molar-refractivity contribution in [1.82, 2.24) is 0 Å². The standard InChI is InChI=1S/C28H29NO5/c1-15(2)19-14-20(17(4)13-23(19)33-6)26(30)24-25(22-12-11-18(5)34-22)29(28(32)27(24)31)21-10-8-7-9-16(21)3/h7-15,25,30H,1-6H3/b26-24+. The largest absolute Gasteiger partial charge is 0.507 e. The second-order valence-corrected chi connectivity index (χ2v) is 8.97. The van der Waals surface area contributed by atoms with Crippen LogP contribution in [-0.2, 0) is 9.59 Å². The third-order valence-electron chi connectivity index (χ3n) is 6.30. The topological polar surface area (TPSA) is 80.0 Å². The molecule has 0 radical (unpaired) electrons. The van der Waals surface area contributed by atoms with Gasteiger partial charge in [-0.25, -0.2) is 0 Å². The number of hydrogen-bond acceptors (Lipinski definition) is 5. The van der Waals surface area contributed by atoms with Crippen LogP contribution < -0.4 is 9.64 Å². The van der Waals surface area contributed by atoms with Crippen molar-refractivity contribution in [3.05, 3.63) is 87.9 Å². The second kappa shape index (κ2) is 8.86. The lowest BCUT2D eigenvalue weighted by atomic mass is 9.92. The summed E-state index contributed by atoms with van der Waals surface area (Å²) in [5.41, 5.74) is 3.55. The highest BCUT2D eigenvalue weighted by Crippen LogP contribution is 2.44. The molecule has 0 saturated carbocycles. The van der Waals surface area contributed by atoms with Crippen LogP contribution in [0.2, 0.25) is 0 Å². The Morgan fingerprint density at radius 2 is 1.74 bits per heavy atom. The molecule has 1 amide bonds. The summed E-state index contributed by atoms with van der Waals surface area (Å²) in [5, 5.41) is 11.5. The summed E-state index contributed by atoms with van der Waals surface area (Å²) < 4.78 is 11.4. The summed E-state index contributed by atoms with van der Waals surface area (Å²) in [6, 6.07) is 13.7. The third-order valence-corrected chi connectivity index (χ3v) is 6.30. The smallest absolute Gasteiger partial charge is 0.300 e. The number of ketones is 1. The Morgan fingerprint density at radius 3 is 2.32 bits per heavy atom. The number of aryl methyl sites for hydroxylation is 3. The summed E-state index contributed by atoms with van der Waals surface area (Å²) >= 11 is 0. The number of rotatable bonds is 5. The number of aliphatic hydroxyl groups is 1. The summed E-state index contributed by atoms with van der Waals surface area (Å²) in [5.74, 6) is 0.217. The third kappa shape index (κ3) is 3.79. The van der Waals surface area contributed by atoms with Crippen molar-refractivity contribution in [2.24, 2.45) is 0 Å². The fraction of sp³-hybridized carbons (Fsp3) is 0.286. The Morgan fingerprint density at radius 1 is 1.03 bits per heavy atom. The van der Waals surface area contributed by atoms with Crippen molar-refractivity contribution in [2.45, 2.75) is 46.6 Å². The molecule has 6 heteroatoms. The van der Waals surface area contributed by atoms with E-state index >= 15 is 0 Å². The quantitative estimate of drug-likeness (QED) is 0.289. The minimum Gasteiger partial charge on any atom is -0.507 e. The number of amides is 1. The SMILES string of the molecule is COc1cc(C)c(/C(O)=C2\C(=O)C(=O)N(c3ccccc3C)C2c2ccc(C)o2)cc1C(C)C. The van der Waals surface area contributed by atoms with Gasteiger partial charge in [-0.15, -0.1) is 0 Å². The Hall–Kier alpha value is -3.80. The normalized spacial score (nSPS) is 17.6. The van der Waals surface area contributed by atoms with Gasteiger partial charge in [0.15, 0.2) is 0 Å². The van der Waals surface area contributed by atoms with Gasteiger partial charge in [0.2, 0.25) is 0 Å². The first-order valence-electron chi connectivity index (χ1n) is 11.3. The number of para-hydroxylation sites is 1. The molecule has 0 spiro atoms. The van der Waals surface area contributed by atoms with Crippen LogP contribution in [0.1, 0.15) is 59.6 Å². The molecule has 2 aromatic carbocycles. The van der Waals surface area contributed by atoms with Gasteiger partial charge in [-0.05, 0) is 73.7 Å². The van der Waals surface area contributed by atoms with Crippen molar-refractivity contribution in [3.63, 3.8) is 0 Å². The van der Waals surface area contributed by atoms with Gasteiger partial charge in [-0.1, -0.05) is 32.0 Å². The van der Waals surface area contributed by atoms with Gasteiger partial charge in [-0.3, -0.25) is 14.5 Å². The summed E-state index contributed by atoms with van der Waals surface area (Å²) in [6.07, 6.45) is 0. The Balaban J connectivity index is 1.99. The second-order valence-electron chi connectivity index (χ2n) is 8.97. The minimum absolute atomic E-state index is 0.00516. The van der Waals surface area contributed by atoms with E-state index in [1.54, 1.807) is 32.2 Å². The number of methoxy groups -OCH3 is 1. The van der Waals surface area contributed by atoms with Gasteiger partial charge in [-0.2, -0.15) is 0 Å². The van der Waals surface area contributed by atoms with Crippen LogP contribution in [0.3, 0.4) is 0 Å². The van der Waals surface area contributed by atoms with E-state index in [1.807, 2.05) is 58.0 Å². The molecule has 176 valence electrons. The molecule has 3 aromatic rings. The number of carbonyl (C=O) groups is 2. The fourth-order valence-electron chi connectivity index (χ4n) is 4.51. The predicted molar refractivity (Wildman–Crippen MR) is 131 cm³/mol. The van der Waals surface area contributed by atoms with E-state index in [2.05, 4.69) is 0 Å². The zero-order chi connectivity index (χ0) is 24.7. The van der Waals surface area contributed by atoms with E-state index in [1.165, 1.54) is 4.90 Å². The molecule has 1 aromatic heterocycles. The number of aliphatic hydroxyl groups excluding tert-OH is 1. The highest BCUT2D eigenvalue weighted by Gasteiger charge is 2.48. The highest BCUT2D eigenvalue weighted by atomic mass is 16.5. The molecule has 1 atom stereocenters. The maximum atomic E-state index is 13.4. The van der Waals surface area contributed by atoms with E-state index in [4.69, 9.17) is 9.15 Å². The average Bonchev–Trinajstić information content (AvgIpc) is 3.34. The van der Waals surface area contributed by atoms with E-state index < -0.39 is 17.7 Å². The van der Waals surface area contributed by atoms with Crippen LogP contribution in [0, 0.1) is 20.8 Å². The van der Waals surface area contributed by atoms with E-state index in [0.29, 0.717) is 28.5 Å². The molecule has 4 rings (SSSR count).